The summed E-state index contributed by atoms with van der Waals surface area (Å²) in [6.45, 7) is 0.768. The quantitative estimate of drug-likeness (QED) is 0.585. The van der Waals surface area contributed by atoms with Crippen molar-refractivity contribution in [3.05, 3.63) is 66.5 Å². The van der Waals surface area contributed by atoms with Gasteiger partial charge >= 0.3 is 0 Å². The zero-order valence-electron chi connectivity index (χ0n) is 16.7. The minimum absolute atomic E-state index is 0.109. The Kier molecular flexibility index (Phi) is 6.15. The molecule has 1 aliphatic heterocycles. The Morgan fingerprint density at radius 2 is 2.03 bits per heavy atom. The Hall–Kier alpha value is -2.71. The molecule has 2 heterocycles. The molecular weight excluding hydrogens is 416 g/mol. The predicted molar refractivity (Wildman–Crippen MR) is 122 cm³/mol. The normalized spacial score (nSPS) is 16.1. The second-order valence-corrected chi connectivity index (χ2v) is 8.96. The zero-order chi connectivity index (χ0) is 21.1. The molecule has 2 aromatic carbocycles. The maximum Gasteiger partial charge on any atom is 0.255 e. The summed E-state index contributed by atoms with van der Waals surface area (Å²) in [4.78, 5) is 32.2. The molecule has 0 saturated carbocycles. The number of anilines is 1. The number of imidazole rings is 1. The van der Waals surface area contributed by atoms with E-state index in [-0.39, 0.29) is 17.1 Å². The fraction of sp³-hybridized carbons (Fsp3) is 0.227. The van der Waals surface area contributed by atoms with Crippen molar-refractivity contribution in [2.75, 3.05) is 25.2 Å². The van der Waals surface area contributed by atoms with Gasteiger partial charge in [0, 0.05) is 42.1 Å². The van der Waals surface area contributed by atoms with Crippen LogP contribution in [0.25, 0.3) is 5.69 Å². The minimum atomic E-state index is -0.189. The summed E-state index contributed by atoms with van der Waals surface area (Å²) in [5.74, 6) is -0.0515. The van der Waals surface area contributed by atoms with Crippen molar-refractivity contribution in [3.63, 3.8) is 0 Å². The fourth-order valence-corrected chi connectivity index (χ4v) is 5.10. The van der Waals surface area contributed by atoms with Gasteiger partial charge in [0.15, 0.2) is 5.16 Å². The molecule has 2 amide bonds. The number of carbonyl (C=O) groups excluding carboxylic acids is 2. The first kappa shape index (κ1) is 20.6. The van der Waals surface area contributed by atoms with Crippen molar-refractivity contribution in [2.45, 2.75) is 21.7 Å². The molecule has 1 fully saturated rings. The van der Waals surface area contributed by atoms with Crippen molar-refractivity contribution in [2.24, 2.45) is 0 Å². The summed E-state index contributed by atoms with van der Waals surface area (Å²) < 4.78 is 1.95. The van der Waals surface area contributed by atoms with Crippen molar-refractivity contribution >= 4 is 41.0 Å². The summed E-state index contributed by atoms with van der Waals surface area (Å²) in [5.41, 5.74) is 2.16. The number of amides is 2. The van der Waals surface area contributed by atoms with Crippen molar-refractivity contribution in [3.8, 4) is 5.69 Å². The van der Waals surface area contributed by atoms with Crippen molar-refractivity contribution in [1.29, 1.82) is 0 Å². The number of nitrogens with one attached hydrogen (secondary N) is 1. The number of nitrogens with zero attached hydrogens (tertiary/aromatic N) is 3. The third kappa shape index (κ3) is 4.24. The van der Waals surface area contributed by atoms with Crippen LogP contribution in [-0.4, -0.2) is 51.4 Å². The van der Waals surface area contributed by atoms with E-state index >= 15 is 0 Å². The average molecular weight is 439 g/mol. The van der Waals surface area contributed by atoms with Crippen LogP contribution in [0, 0.1) is 0 Å². The van der Waals surface area contributed by atoms with Crippen LogP contribution in [0.3, 0.4) is 0 Å². The number of para-hydroxylation sites is 1. The van der Waals surface area contributed by atoms with E-state index in [9.17, 15) is 9.59 Å². The van der Waals surface area contributed by atoms with Gasteiger partial charge in [-0.05, 0) is 43.0 Å². The minimum Gasteiger partial charge on any atom is -0.345 e. The molecule has 0 radical (unpaired) electrons. The summed E-state index contributed by atoms with van der Waals surface area (Å²) >= 11 is 3.06. The summed E-state index contributed by atoms with van der Waals surface area (Å²) in [6.07, 6.45) is 6.40. The van der Waals surface area contributed by atoms with Crippen LogP contribution in [0.15, 0.2) is 71.0 Å². The molecule has 0 bridgehead atoms. The van der Waals surface area contributed by atoms with Gasteiger partial charge in [-0.25, -0.2) is 4.98 Å². The van der Waals surface area contributed by atoms with Gasteiger partial charge in [-0.2, -0.15) is 0 Å². The molecule has 154 valence electrons. The van der Waals surface area contributed by atoms with E-state index in [1.54, 1.807) is 28.9 Å². The number of thioether (sulfide) groups is 2. The third-order valence-electron chi connectivity index (χ3n) is 4.96. The topological polar surface area (TPSA) is 67.2 Å². The van der Waals surface area contributed by atoms with Crippen LogP contribution in [0.4, 0.5) is 5.69 Å². The molecule has 8 heteroatoms. The Morgan fingerprint density at radius 1 is 1.20 bits per heavy atom. The standard InChI is InChI=1S/C22H22N4O2S2/c1-25-12-10-19(21(25)28)30-18-9-4-3-8-17(18)24-20(27)15-6-5-7-16(14-15)26-13-11-23-22(26)29-2/h3-9,11,13-14,19H,10,12H2,1-2H3,(H,24,27). The van der Waals surface area contributed by atoms with E-state index in [2.05, 4.69) is 10.3 Å². The Balaban J connectivity index is 1.54. The first-order valence-corrected chi connectivity index (χ1v) is 11.7. The number of rotatable bonds is 6. The second kappa shape index (κ2) is 8.97. The smallest absolute Gasteiger partial charge is 0.255 e. The lowest BCUT2D eigenvalue weighted by atomic mass is 10.2. The van der Waals surface area contributed by atoms with E-state index < -0.39 is 0 Å². The Morgan fingerprint density at radius 3 is 2.80 bits per heavy atom. The molecule has 3 aromatic rings. The second-order valence-electron chi connectivity index (χ2n) is 6.94. The number of hydrogen-bond donors (Lipinski definition) is 1. The highest BCUT2D eigenvalue weighted by Crippen LogP contribution is 2.35. The van der Waals surface area contributed by atoms with Crippen LogP contribution in [-0.2, 0) is 4.79 Å². The van der Waals surface area contributed by atoms with Gasteiger partial charge in [0.05, 0.1) is 10.9 Å². The van der Waals surface area contributed by atoms with Crippen molar-refractivity contribution in [1.82, 2.24) is 14.5 Å². The highest BCUT2D eigenvalue weighted by atomic mass is 32.2. The van der Waals surface area contributed by atoms with E-state index in [0.29, 0.717) is 11.3 Å². The van der Waals surface area contributed by atoms with Gasteiger partial charge in [0.2, 0.25) is 5.91 Å². The number of carbonyl (C=O) groups is 2. The number of benzene rings is 2. The summed E-state index contributed by atoms with van der Waals surface area (Å²) in [7, 11) is 1.83. The molecule has 1 N–H and O–H groups in total. The molecule has 1 aromatic heterocycles. The fourth-order valence-electron chi connectivity index (χ4n) is 3.35. The zero-order valence-corrected chi connectivity index (χ0v) is 18.4. The van der Waals surface area contributed by atoms with Crippen LogP contribution >= 0.6 is 23.5 Å². The lowest BCUT2D eigenvalue weighted by molar-refractivity contribution is -0.126. The van der Waals surface area contributed by atoms with E-state index in [0.717, 1.165) is 28.7 Å². The maximum atomic E-state index is 13.0. The molecule has 6 nitrogen and oxygen atoms in total. The van der Waals surface area contributed by atoms with Gasteiger partial charge in [-0.3, -0.25) is 14.2 Å². The third-order valence-corrected chi connectivity index (χ3v) is 6.96. The van der Waals surface area contributed by atoms with Gasteiger partial charge in [-0.1, -0.05) is 30.0 Å². The van der Waals surface area contributed by atoms with Gasteiger partial charge in [0.25, 0.3) is 5.91 Å². The number of aromatic nitrogens is 2. The first-order valence-electron chi connectivity index (χ1n) is 9.56. The predicted octanol–water partition coefficient (Wildman–Crippen LogP) is 4.17. The largest absolute Gasteiger partial charge is 0.345 e. The van der Waals surface area contributed by atoms with E-state index in [4.69, 9.17) is 0 Å². The first-order chi connectivity index (χ1) is 14.6. The molecule has 1 unspecified atom stereocenters. The molecule has 4 rings (SSSR count). The molecule has 30 heavy (non-hydrogen) atoms. The average Bonchev–Trinajstić information content (AvgIpc) is 3.37. The molecule has 1 atom stereocenters. The Bertz CT molecular complexity index is 1080. The van der Waals surface area contributed by atoms with Crippen molar-refractivity contribution < 1.29 is 9.59 Å². The molecule has 1 saturated heterocycles. The van der Waals surface area contributed by atoms with Crippen LogP contribution < -0.4 is 5.32 Å². The van der Waals surface area contributed by atoms with Gasteiger partial charge in [-0.15, -0.1) is 11.8 Å². The molecule has 0 aliphatic carbocycles. The number of likely N-dealkylation sites (tertiary alicyclic amines) is 1. The molecule has 1 aliphatic rings. The highest BCUT2D eigenvalue weighted by Gasteiger charge is 2.30. The molecule has 0 spiro atoms. The van der Waals surface area contributed by atoms with Crippen LogP contribution in [0.2, 0.25) is 0 Å². The van der Waals surface area contributed by atoms with Gasteiger partial charge < -0.3 is 10.2 Å². The maximum absolute atomic E-state index is 13.0. The lowest BCUT2D eigenvalue weighted by Crippen LogP contribution is -2.23. The van der Waals surface area contributed by atoms with Gasteiger partial charge in [0.1, 0.15) is 0 Å². The van der Waals surface area contributed by atoms with Crippen LogP contribution in [0.1, 0.15) is 16.8 Å². The monoisotopic (exact) mass is 438 g/mol. The van der Waals surface area contributed by atoms with E-state index in [1.165, 1.54) is 11.8 Å². The highest BCUT2D eigenvalue weighted by molar-refractivity contribution is 8.00. The Labute approximate surface area is 184 Å². The van der Waals surface area contributed by atoms with Crippen LogP contribution in [0.5, 0.6) is 0 Å². The van der Waals surface area contributed by atoms with E-state index in [1.807, 2.05) is 66.5 Å². The lowest BCUT2D eigenvalue weighted by Gasteiger charge is -2.14. The number of hydrogen-bond acceptors (Lipinski definition) is 5. The summed E-state index contributed by atoms with van der Waals surface area (Å²) in [6, 6.07) is 15.1. The molecular formula is C22H22N4O2S2. The SMILES string of the molecule is CSc1nccn1-c1cccc(C(=O)Nc2ccccc2SC2CCN(C)C2=O)c1. The summed E-state index contributed by atoms with van der Waals surface area (Å²) in [5, 5.41) is 3.77.